The summed E-state index contributed by atoms with van der Waals surface area (Å²) in [5, 5.41) is 9.31. The Kier molecular flexibility index (Phi) is 2.94. The van der Waals surface area contributed by atoms with Gasteiger partial charge in [-0.05, 0) is 31.0 Å². The molecule has 0 aliphatic heterocycles. The van der Waals surface area contributed by atoms with Gasteiger partial charge in [0.2, 0.25) is 0 Å². The summed E-state index contributed by atoms with van der Waals surface area (Å²) in [6.45, 7) is 2.64. The van der Waals surface area contributed by atoms with Crippen LogP contribution in [0.15, 0.2) is 18.2 Å². The van der Waals surface area contributed by atoms with E-state index in [2.05, 4.69) is 0 Å². The van der Waals surface area contributed by atoms with Crippen LogP contribution in [0.5, 0.6) is 0 Å². The van der Waals surface area contributed by atoms with Crippen LogP contribution < -0.4 is 0 Å². The molecule has 1 unspecified atom stereocenters. The molecule has 0 aliphatic carbocycles. The lowest BCUT2D eigenvalue weighted by molar-refractivity contribution is 0.0868. The minimum absolute atomic E-state index is 0.408. The third-order valence-electron chi connectivity index (χ3n) is 2.07. The molecule has 1 atom stereocenters. The van der Waals surface area contributed by atoms with Gasteiger partial charge in [0, 0.05) is 5.02 Å². The number of aliphatic hydroxyl groups excluding tert-OH is 1. The first kappa shape index (κ1) is 10.5. The molecule has 1 rings (SSSR count). The number of aryl methyl sites for hydroxylation is 1. The van der Waals surface area contributed by atoms with E-state index in [1.54, 1.807) is 18.2 Å². The maximum Gasteiger partial charge on any atom is 0.156 e. The largest absolute Gasteiger partial charge is 0.393 e. The van der Waals surface area contributed by atoms with Gasteiger partial charge in [0.1, 0.15) is 0 Å². The lowest BCUT2D eigenvalue weighted by atomic mass is 9.98. The summed E-state index contributed by atoms with van der Waals surface area (Å²) in [6.07, 6.45) is 0. The quantitative estimate of drug-likeness (QED) is 0.782. The minimum Gasteiger partial charge on any atom is -0.393 e. The van der Waals surface area contributed by atoms with Gasteiger partial charge in [-0.2, -0.15) is 0 Å². The van der Waals surface area contributed by atoms with Gasteiger partial charge in [0.15, 0.2) is 5.67 Å². The summed E-state index contributed by atoms with van der Waals surface area (Å²) >= 11 is 5.83. The molecule has 0 saturated carbocycles. The highest BCUT2D eigenvalue weighted by molar-refractivity contribution is 6.31. The molecule has 0 saturated heterocycles. The van der Waals surface area contributed by atoms with Crippen molar-refractivity contribution in [2.75, 3.05) is 6.61 Å². The molecule has 0 aromatic heterocycles. The smallest absolute Gasteiger partial charge is 0.156 e. The number of hydrogen-bond acceptors (Lipinski definition) is 1. The van der Waals surface area contributed by atoms with Gasteiger partial charge in [0.05, 0.1) is 6.61 Å². The fourth-order valence-electron chi connectivity index (χ4n) is 1.01. The van der Waals surface area contributed by atoms with Crippen molar-refractivity contribution in [1.82, 2.24) is 0 Å². The van der Waals surface area contributed by atoms with E-state index in [-0.39, 0.29) is 0 Å². The third kappa shape index (κ3) is 2.20. The number of halogens is 2. The van der Waals surface area contributed by atoms with Crippen LogP contribution in [0.4, 0.5) is 4.39 Å². The number of rotatable bonds is 2. The summed E-state index contributed by atoms with van der Waals surface area (Å²) < 4.78 is 13.6. The average Bonchev–Trinajstić information content (AvgIpc) is 2.09. The molecule has 0 heterocycles. The van der Waals surface area contributed by atoms with Crippen LogP contribution in [0.3, 0.4) is 0 Å². The molecule has 3 heteroatoms. The Morgan fingerprint density at radius 3 is 2.62 bits per heavy atom. The maximum atomic E-state index is 13.6. The van der Waals surface area contributed by atoms with Gasteiger partial charge in [-0.25, -0.2) is 4.39 Å². The Morgan fingerprint density at radius 1 is 1.54 bits per heavy atom. The molecule has 0 fully saturated rings. The fraction of sp³-hybridized carbons (Fsp3) is 0.400. The van der Waals surface area contributed by atoms with Crippen molar-refractivity contribution in [3.8, 4) is 0 Å². The van der Waals surface area contributed by atoms with E-state index in [9.17, 15) is 4.39 Å². The molecule has 1 N–H and O–H groups in total. The summed E-state index contributed by atoms with van der Waals surface area (Å²) in [6, 6.07) is 4.93. The lowest BCUT2D eigenvalue weighted by Crippen LogP contribution is -2.20. The third-order valence-corrected chi connectivity index (χ3v) is 2.48. The monoisotopic (exact) mass is 202 g/mol. The Labute approximate surface area is 82.2 Å². The van der Waals surface area contributed by atoms with Crippen LogP contribution >= 0.6 is 11.6 Å². The predicted molar refractivity (Wildman–Crippen MR) is 51.7 cm³/mol. The zero-order chi connectivity index (χ0) is 10.1. The molecule has 1 aromatic carbocycles. The normalized spacial score (nSPS) is 15.5. The predicted octanol–water partition coefficient (Wildman–Crippen LogP) is 2.83. The van der Waals surface area contributed by atoms with Crippen molar-refractivity contribution in [2.24, 2.45) is 0 Å². The second-order valence-corrected chi connectivity index (χ2v) is 3.73. The number of aliphatic hydroxyl groups is 1. The van der Waals surface area contributed by atoms with Crippen LogP contribution in [-0.2, 0) is 5.67 Å². The van der Waals surface area contributed by atoms with E-state index in [1.165, 1.54) is 6.92 Å². The first-order chi connectivity index (χ1) is 5.97. The van der Waals surface area contributed by atoms with E-state index in [1.807, 2.05) is 6.92 Å². The van der Waals surface area contributed by atoms with Gasteiger partial charge >= 0.3 is 0 Å². The van der Waals surface area contributed by atoms with Crippen molar-refractivity contribution in [3.05, 3.63) is 34.3 Å². The van der Waals surface area contributed by atoms with Gasteiger partial charge < -0.3 is 5.11 Å². The van der Waals surface area contributed by atoms with Crippen LogP contribution in [0.1, 0.15) is 18.1 Å². The van der Waals surface area contributed by atoms with Crippen LogP contribution in [0.2, 0.25) is 5.02 Å². The summed E-state index contributed by atoms with van der Waals surface area (Å²) in [4.78, 5) is 0. The zero-order valence-electron chi connectivity index (χ0n) is 7.64. The highest BCUT2D eigenvalue weighted by Crippen LogP contribution is 2.28. The number of alkyl halides is 1. The molecule has 0 spiro atoms. The Hall–Kier alpha value is -0.600. The fourth-order valence-corrected chi connectivity index (χ4v) is 1.19. The van der Waals surface area contributed by atoms with E-state index in [4.69, 9.17) is 16.7 Å². The van der Waals surface area contributed by atoms with Crippen LogP contribution in [0, 0.1) is 6.92 Å². The SMILES string of the molecule is Cc1ccc(C(C)(F)CO)cc1Cl. The van der Waals surface area contributed by atoms with Crippen LogP contribution in [-0.4, -0.2) is 11.7 Å². The lowest BCUT2D eigenvalue weighted by Gasteiger charge is -2.18. The Morgan fingerprint density at radius 2 is 2.15 bits per heavy atom. The van der Waals surface area contributed by atoms with Gasteiger partial charge in [-0.3, -0.25) is 0 Å². The van der Waals surface area contributed by atoms with Crippen molar-refractivity contribution in [2.45, 2.75) is 19.5 Å². The molecule has 0 amide bonds. The van der Waals surface area contributed by atoms with Gasteiger partial charge in [-0.1, -0.05) is 23.7 Å². The van der Waals surface area contributed by atoms with Crippen molar-refractivity contribution >= 4 is 11.6 Å². The standard InChI is InChI=1S/C10H12ClFO/c1-7-3-4-8(5-9(7)11)10(2,12)6-13/h3-5,13H,6H2,1-2H3. The first-order valence-corrected chi connectivity index (χ1v) is 4.41. The average molecular weight is 203 g/mol. The van der Waals surface area contributed by atoms with Gasteiger partial charge in [-0.15, -0.1) is 0 Å². The molecule has 0 bridgehead atoms. The Bertz CT molecular complexity index is 310. The molecule has 1 aromatic rings. The second-order valence-electron chi connectivity index (χ2n) is 3.32. The summed E-state index contributed by atoms with van der Waals surface area (Å²) in [5.41, 5.74) is -0.401. The molecule has 13 heavy (non-hydrogen) atoms. The van der Waals surface area contributed by atoms with Crippen molar-refractivity contribution in [3.63, 3.8) is 0 Å². The highest BCUT2D eigenvalue weighted by Gasteiger charge is 2.24. The van der Waals surface area contributed by atoms with E-state index >= 15 is 0 Å². The number of hydrogen-bond donors (Lipinski definition) is 1. The molecular formula is C10H12ClFO. The molecule has 0 aliphatic rings. The maximum absolute atomic E-state index is 13.6. The zero-order valence-corrected chi connectivity index (χ0v) is 8.40. The molecular weight excluding hydrogens is 191 g/mol. The molecule has 72 valence electrons. The van der Waals surface area contributed by atoms with E-state index in [0.29, 0.717) is 10.6 Å². The minimum atomic E-state index is -1.71. The molecule has 0 radical (unpaired) electrons. The van der Waals surface area contributed by atoms with E-state index < -0.39 is 12.3 Å². The summed E-state index contributed by atoms with van der Waals surface area (Å²) in [5.74, 6) is 0. The molecule has 1 nitrogen and oxygen atoms in total. The van der Waals surface area contributed by atoms with Crippen molar-refractivity contribution < 1.29 is 9.50 Å². The van der Waals surface area contributed by atoms with Gasteiger partial charge in [0.25, 0.3) is 0 Å². The topological polar surface area (TPSA) is 20.2 Å². The Balaban J connectivity index is 3.10. The van der Waals surface area contributed by atoms with Crippen LogP contribution in [0.25, 0.3) is 0 Å². The van der Waals surface area contributed by atoms with E-state index in [0.717, 1.165) is 5.56 Å². The second kappa shape index (κ2) is 3.64. The summed E-state index contributed by atoms with van der Waals surface area (Å²) in [7, 11) is 0. The van der Waals surface area contributed by atoms with Crippen molar-refractivity contribution in [1.29, 1.82) is 0 Å². The highest BCUT2D eigenvalue weighted by atomic mass is 35.5. The first-order valence-electron chi connectivity index (χ1n) is 4.04. The number of benzene rings is 1.